The van der Waals surface area contributed by atoms with Crippen LogP contribution in [0.25, 0.3) is 0 Å². The van der Waals surface area contributed by atoms with Crippen LogP contribution in [0.15, 0.2) is 0 Å². The van der Waals surface area contributed by atoms with Crippen molar-refractivity contribution < 1.29 is 4.74 Å². The number of ether oxygens (including phenoxy) is 1. The van der Waals surface area contributed by atoms with Gasteiger partial charge in [-0.3, -0.25) is 4.90 Å². The summed E-state index contributed by atoms with van der Waals surface area (Å²) >= 11 is 2.01. The fraction of sp³-hybridized carbons (Fsp3) is 1.00. The molecule has 0 bridgehead atoms. The second-order valence-electron chi connectivity index (χ2n) is 4.57. The first kappa shape index (κ1) is 13.3. The summed E-state index contributed by atoms with van der Waals surface area (Å²) in [5.41, 5.74) is 6.13. The highest BCUT2D eigenvalue weighted by Gasteiger charge is 2.36. The normalized spacial score (nSPS) is 26.8. The van der Waals surface area contributed by atoms with E-state index in [1.165, 1.54) is 17.9 Å². The van der Waals surface area contributed by atoms with Crippen LogP contribution in [0, 0.1) is 0 Å². The molecule has 1 heterocycles. The molecule has 1 fully saturated rings. The second-order valence-corrected chi connectivity index (χ2v) is 5.68. The molecule has 90 valence electrons. The molecule has 1 aliphatic rings. The molecule has 4 heteroatoms. The minimum Gasteiger partial charge on any atom is -0.377 e. The van der Waals surface area contributed by atoms with Gasteiger partial charge in [0.25, 0.3) is 0 Å². The minimum atomic E-state index is 0.227. The Labute approximate surface area is 97.7 Å². The molecule has 0 amide bonds. The van der Waals surface area contributed by atoms with E-state index in [1.807, 2.05) is 11.8 Å². The lowest BCUT2D eigenvalue weighted by Crippen LogP contribution is -2.53. The van der Waals surface area contributed by atoms with Gasteiger partial charge in [-0.25, -0.2) is 0 Å². The molecule has 0 radical (unpaired) electrons. The quantitative estimate of drug-likeness (QED) is 0.746. The van der Waals surface area contributed by atoms with Crippen LogP contribution in [-0.2, 0) is 4.74 Å². The lowest BCUT2D eigenvalue weighted by Gasteiger charge is -2.37. The Bertz CT molecular complexity index is 181. The van der Waals surface area contributed by atoms with Crippen molar-refractivity contribution in [3.63, 3.8) is 0 Å². The van der Waals surface area contributed by atoms with Crippen LogP contribution in [0.2, 0.25) is 0 Å². The number of rotatable bonds is 6. The lowest BCUT2D eigenvalue weighted by atomic mass is 9.97. The van der Waals surface area contributed by atoms with E-state index >= 15 is 0 Å². The van der Waals surface area contributed by atoms with Crippen molar-refractivity contribution in [2.75, 3.05) is 38.2 Å². The van der Waals surface area contributed by atoms with Gasteiger partial charge in [-0.2, -0.15) is 11.8 Å². The molecule has 0 aromatic carbocycles. The van der Waals surface area contributed by atoms with Crippen LogP contribution >= 0.6 is 11.8 Å². The number of hydrogen-bond acceptors (Lipinski definition) is 4. The topological polar surface area (TPSA) is 38.5 Å². The van der Waals surface area contributed by atoms with Crippen LogP contribution in [-0.4, -0.2) is 54.8 Å². The van der Waals surface area contributed by atoms with E-state index in [2.05, 4.69) is 25.8 Å². The van der Waals surface area contributed by atoms with Crippen molar-refractivity contribution in [1.82, 2.24) is 4.90 Å². The van der Waals surface area contributed by atoms with Gasteiger partial charge in [-0.05, 0) is 33.1 Å². The van der Waals surface area contributed by atoms with Crippen LogP contribution in [0.5, 0.6) is 0 Å². The molecule has 0 aromatic rings. The summed E-state index contributed by atoms with van der Waals surface area (Å²) in [5.74, 6) is 2.41. The van der Waals surface area contributed by atoms with E-state index in [4.69, 9.17) is 10.5 Å². The van der Waals surface area contributed by atoms with Gasteiger partial charge in [0.05, 0.1) is 12.7 Å². The number of nitrogens with zero attached hydrogens (tertiary/aromatic N) is 1. The number of thioether (sulfide) groups is 1. The van der Waals surface area contributed by atoms with Gasteiger partial charge in [0, 0.05) is 24.4 Å². The molecule has 1 aliphatic heterocycles. The zero-order chi connectivity index (χ0) is 11.3. The first-order valence-electron chi connectivity index (χ1n) is 5.71. The van der Waals surface area contributed by atoms with Crippen LogP contribution in [0.1, 0.15) is 20.3 Å². The molecule has 3 nitrogen and oxygen atoms in total. The summed E-state index contributed by atoms with van der Waals surface area (Å²) in [6.07, 6.45) is 1.54. The Morgan fingerprint density at radius 3 is 2.73 bits per heavy atom. The van der Waals surface area contributed by atoms with Gasteiger partial charge < -0.3 is 10.5 Å². The van der Waals surface area contributed by atoms with Crippen molar-refractivity contribution >= 4 is 11.8 Å². The zero-order valence-corrected chi connectivity index (χ0v) is 11.0. The van der Waals surface area contributed by atoms with Crippen molar-refractivity contribution in [3.05, 3.63) is 0 Å². The van der Waals surface area contributed by atoms with Gasteiger partial charge in [0.2, 0.25) is 0 Å². The van der Waals surface area contributed by atoms with Crippen molar-refractivity contribution in [1.29, 1.82) is 0 Å². The maximum Gasteiger partial charge on any atom is 0.0597 e. The van der Waals surface area contributed by atoms with Crippen molar-refractivity contribution in [2.24, 2.45) is 5.73 Å². The average molecular weight is 232 g/mol. The summed E-state index contributed by atoms with van der Waals surface area (Å²) in [6.45, 7) is 6.70. The second kappa shape index (κ2) is 6.09. The van der Waals surface area contributed by atoms with E-state index in [0.717, 1.165) is 19.7 Å². The average Bonchev–Trinajstić information content (AvgIpc) is 2.66. The third kappa shape index (κ3) is 3.63. The standard InChI is InChI=1S/C11H24N2OS/c1-10(2)14-6-5-13(3)11(8-12)4-7-15-9-11/h10H,4-9,12H2,1-3H3. The van der Waals surface area contributed by atoms with Crippen LogP contribution in [0.3, 0.4) is 0 Å². The SMILES string of the molecule is CC(C)OCCN(C)C1(CN)CCSC1. The van der Waals surface area contributed by atoms with Crippen molar-refractivity contribution in [2.45, 2.75) is 31.9 Å². The molecular formula is C11H24N2OS. The Hall–Kier alpha value is 0.230. The first-order valence-corrected chi connectivity index (χ1v) is 6.87. The van der Waals surface area contributed by atoms with Crippen LogP contribution in [0.4, 0.5) is 0 Å². The maximum atomic E-state index is 5.91. The molecule has 0 saturated carbocycles. The van der Waals surface area contributed by atoms with Gasteiger partial charge in [0.15, 0.2) is 0 Å². The summed E-state index contributed by atoms with van der Waals surface area (Å²) in [6, 6.07) is 0. The summed E-state index contributed by atoms with van der Waals surface area (Å²) in [4.78, 5) is 2.38. The van der Waals surface area contributed by atoms with E-state index in [9.17, 15) is 0 Å². The third-order valence-corrected chi connectivity index (χ3v) is 4.38. The monoisotopic (exact) mass is 232 g/mol. The highest BCUT2D eigenvalue weighted by molar-refractivity contribution is 7.99. The summed E-state index contributed by atoms with van der Waals surface area (Å²) in [7, 11) is 2.17. The summed E-state index contributed by atoms with van der Waals surface area (Å²) < 4.78 is 5.57. The van der Waals surface area contributed by atoms with Crippen molar-refractivity contribution in [3.8, 4) is 0 Å². The lowest BCUT2D eigenvalue weighted by molar-refractivity contribution is 0.0412. The molecule has 1 saturated heterocycles. The predicted octanol–water partition coefficient (Wildman–Crippen LogP) is 1.18. The number of likely N-dealkylation sites (N-methyl/N-ethyl adjacent to an activating group) is 1. The smallest absolute Gasteiger partial charge is 0.0597 e. The van der Waals surface area contributed by atoms with Gasteiger partial charge in [-0.15, -0.1) is 0 Å². The molecule has 15 heavy (non-hydrogen) atoms. The molecule has 1 rings (SSSR count). The fourth-order valence-corrected chi connectivity index (χ4v) is 3.41. The Kier molecular flexibility index (Phi) is 5.39. The van der Waals surface area contributed by atoms with E-state index in [1.54, 1.807) is 0 Å². The number of nitrogens with two attached hydrogens (primary N) is 1. The molecule has 0 aliphatic carbocycles. The first-order chi connectivity index (χ1) is 7.10. The van der Waals surface area contributed by atoms with E-state index < -0.39 is 0 Å². The molecule has 2 N–H and O–H groups in total. The molecule has 1 unspecified atom stereocenters. The largest absolute Gasteiger partial charge is 0.377 e. The van der Waals surface area contributed by atoms with Gasteiger partial charge >= 0.3 is 0 Å². The highest BCUT2D eigenvalue weighted by atomic mass is 32.2. The molecule has 0 spiro atoms. The van der Waals surface area contributed by atoms with Gasteiger partial charge in [0.1, 0.15) is 0 Å². The minimum absolute atomic E-state index is 0.227. The molecular weight excluding hydrogens is 208 g/mol. The Morgan fingerprint density at radius 1 is 1.53 bits per heavy atom. The van der Waals surface area contributed by atoms with E-state index in [-0.39, 0.29) is 5.54 Å². The number of hydrogen-bond donors (Lipinski definition) is 1. The Morgan fingerprint density at radius 2 is 2.27 bits per heavy atom. The highest BCUT2D eigenvalue weighted by Crippen LogP contribution is 2.31. The molecule has 0 aromatic heterocycles. The van der Waals surface area contributed by atoms with E-state index in [0.29, 0.717) is 6.10 Å². The fourth-order valence-electron chi connectivity index (χ4n) is 1.88. The van der Waals surface area contributed by atoms with Crippen LogP contribution < -0.4 is 5.73 Å². The predicted molar refractivity (Wildman–Crippen MR) is 67.4 cm³/mol. The maximum absolute atomic E-state index is 5.91. The summed E-state index contributed by atoms with van der Waals surface area (Å²) in [5, 5.41) is 0. The third-order valence-electron chi connectivity index (χ3n) is 3.15. The van der Waals surface area contributed by atoms with Gasteiger partial charge in [-0.1, -0.05) is 0 Å². The Balaban J connectivity index is 2.33. The molecule has 1 atom stereocenters. The zero-order valence-electron chi connectivity index (χ0n) is 10.2.